The molecule has 3 heterocycles. The maximum atomic E-state index is 15.1. The summed E-state index contributed by atoms with van der Waals surface area (Å²) < 4.78 is 13.8. The molecule has 19 heteroatoms. The van der Waals surface area contributed by atoms with Crippen LogP contribution in [-0.4, -0.2) is 114 Å². The van der Waals surface area contributed by atoms with Gasteiger partial charge in [0, 0.05) is 79.5 Å². The molecule has 370 valence electrons. The molecule has 0 spiro atoms. The van der Waals surface area contributed by atoms with Gasteiger partial charge in [-0.05, 0) is 106 Å². The summed E-state index contributed by atoms with van der Waals surface area (Å²) >= 11 is 11.9. The normalized spacial score (nSPS) is 18.0. The minimum Gasteiger partial charge on any atom is -0.464 e. The number of fused-ring (bicyclic) bond motifs is 3. The number of pyridine rings is 1. The Morgan fingerprint density at radius 1 is 0.971 bits per heavy atom. The molecule has 0 fully saturated rings. The third kappa shape index (κ3) is 14.3. The molecule has 0 bridgehead atoms. The van der Waals surface area contributed by atoms with E-state index in [-0.39, 0.29) is 31.0 Å². The molecule has 1 aliphatic rings. The summed E-state index contributed by atoms with van der Waals surface area (Å²) in [4.78, 5) is 77.9. The lowest BCUT2D eigenvalue weighted by Crippen LogP contribution is -2.57. The average Bonchev–Trinajstić information content (AvgIpc) is 3.64. The number of unbranched alkanes of at least 4 members (excludes halogenated alkanes) is 1. The van der Waals surface area contributed by atoms with Crippen LogP contribution < -0.4 is 16.0 Å². The first kappa shape index (κ1) is 54.5. The van der Waals surface area contributed by atoms with Gasteiger partial charge in [0.1, 0.15) is 22.7 Å². The van der Waals surface area contributed by atoms with Crippen LogP contribution in [-0.2, 0) is 43.1 Å². The number of carboxylic acid groups (broad SMARTS) is 1. The van der Waals surface area contributed by atoms with E-state index in [0.717, 1.165) is 10.1 Å². The zero-order valence-corrected chi connectivity index (χ0v) is 45.0. The molecule has 0 saturated carbocycles. The molecule has 4 N–H and O–H groups in total. The highest BCUT2D eigenvalue weighted by Crippen LogP contribution is 2.40. The predicted molar refractivity (Wildman–Crippen MR) is 273 cm³/mol. The summed E-state index contributed by atoms with van der Waals surface area (Å²) in [6, 6.07) is 11.3. The predicted octanol–water partition coefficient (Wildman–Crippen LogP) is 9.61. The van der Waals surface area contributed by atoms with E-state index in [2.05, 4.69) is 65.7 Å². The monoisotopic (exact) mass is 1060 g/mol. The van der Waals surface area contributed by atoms with Gasteiger partial charge in [-0.1, -0.05) is 84.3 Å². The van der Waals surface area contributed by atoms with E-state index < -0.39 is 62.0 Å². The number of nitrogens with one attached hydrogen (secondary N) is 3. The zero-order chi connectivity index (χ0) is 50.1. The first-order valence-electron chi connectivity index (χ1n) is 23.0. The molecule has 68 heavy (non-hydrogen) atoms. The van der Waals surface area contributed by atoms with Crippen molar-refractivity contribution in [1.29, 1.82) is 0 Å². The number of halogens is 2. The number of amides is 4. The van der Waals surface area contributed by atoms with Crippen molar-refractivity contribution in [1.82, 2.24) is 35.3 Å². The maximum absolute atomic E-state index is 15.1. The van der Waals surface area contributed by atoms with E-state index in [4.69, 9.17) is 25.7 Å². The van der Waals surface area contributed by atoms with Crippen molar-refractivity contribution in [3.8, 4) is 0 Å². The smallest absolute Gasteiger partial charge is 0.416 e. The number of rotatable bonds is 12. The number of likely N-dealkylation sites (N-methyl/N-ethyl adjacent to an activating group) is 1. The Bertz CT molecular complexity index is 2460. The molecule has 4 aromatic rings. The van der Waals surface area contributed by atoms with Gasteiger partial charge in [0.15, 0.2) is 8.32 Å². The highest BCUT2D eigenvalue weighted by molar-refractivity contribution is 9.10. The van der Waals surface area contributed by atoms with Crippen LogP contribution in [0.4, 0.5) is 9.59 Å². The molecule has 1 aliphatic heterocycles. The van der Waals surface area contributed by atoms with Gasteiger partial charge in [-0.3, -0.25) is 19.0 Å². The van der Waals surface area contributed by atoms with E-state index in [1.807, 2.05) is 12.1 Å². The van der Waals surface area contributed by atoms with E-state index in [1.165, 1.54) is 34.8 Å². The summed E-state index contributed by atoms with van der Waals surface area (Å²) in [6.45, 7) is 17.4. The van der Waals surface area contributed by atoms with Crippen molar-refractivity contribution in [3.63, 3.8) is 0 Å². The molecule has 4 amide bonds. The Balaban J connectivity index is 1.56. The third-order valence-corrected chi connectivity index (χ3v) is 19.4. The maximum Gasteiger partial charge on any atom is 0.416 e. The number of ether oxygens (including phenoxy) is 1. The molecular formula is C49H67BrClN7O8SSi. The van der Waals surface area contributed by atoms with E-state index >= 15 is 4.79 Å². The largest absolute Gasteiger partial charge is 0.464 e. The van der Waals surface area contributed by atoms with Gasteiger partial charge in [0.25, 0.3) is 0 Å². The van der Waals surface area contributed by atoms with Crippen LogP contribution in [0.2, 0.25) is 23.2 Å². The summed E-state index contributed by atoms with van der Waals surface area (Å²) in [5, 5.41) is 21.4. The molecule has 0 saturated heterocycles. The van der Waals surface area contributed by atoms with Gasteiger partial charge < -0.3 is 40.0 Å². The van der Waals surface area contributed by atoms with Crippen molar-refractivity contribution in [2.45, 2.75) is 145 Å². The lowest BCUT2D eigenvalue weighted by atomic mass is 10.0. The topological polar surface area (TPSA) is 184 Å². The molecule has 2 aromatic heterocycles. The van der Waals surface area contributed by atoms with Gasteiger partial charge in [-0.2, -0.15) is 0 Å². The molecule has 2 aromatic carbocycles. The Morgan fingerprint density at radius 3 is 2.37 bits per heavy atom. The van der Waals surface area contributed by atoms with Crippen LogP contribution in [0.25, 0.3) is 10.9 Å². The summed E-state index contributed by atoms with van der Waals surface area (Å²) in [5.41, 5.74) is 1.79. The van der Waals surface area contributed by atoms with Crippen molar-refractivity contribution in [2.75, 3.05) is 27.2 Å². The van der Waals surface area contributed by atoms with Crippen LogP contribution in [0.5, 0.6) is 0 Å². The molecule has 3 atom stereocenters. The average molecular weight is 1060 g/mol. The molecule has 0 aliphatic carbocycles. The number of benzene rings is 2. The van der Waals surface area contributed by atoms with Crippen LogP contribution in [0.15, 0.2) is 75.3 Å². The number of carbonyl (C=O) groups is 5. The van der Waals surface area contributed by atoms with E-state index in [9.17, 15) is 24.3 Å². The Labute approximate surface area is 419 Å². The van der Waals surface area contributed by atoms with Gasteiger partial charge >= 0.3 is 12.2 Å². The Kier molecular flexibility index (Phi) is 18.8. The lowest BCUT2D eigenvalue weighted by molar-refractivity contribution is -0.142. The van der Waals surface area contributed by atoms with Crippen LogP contribution in [0.1, 0.15) is 90.3 Å². The minimum atomic E-state index is -2.09. The standard InChI is InChI=1S/C49H67BrClN7O8SSi/c1-48(2,3)66-47(64)56(7)25-14-13-19-38-45(61)57(8)40(27-32-30-58(46(62)63)39-21-12-11-18-33(32)39)43(60)54-29-34-35(50)22-23-36(51)41(34)67-44-31(17-15-24-52-44)28-53-37(42(59)55-38)20-16-26-65-68(9,10)49(4,5)6/h11-12,15,17-18,21-24,30,37-38,40,53H,13-14,16,19-20,25-29H2,1-10H3,(H,54,60)(H,55,59)(H,62,63)/t37-,38-,40-/m0/s1. The SMILES string of the molecule is CN(CCCC[C@@H]1NC(=O)[C@H](CCCO[Si](C)(C)C(C)(C)C)NCc2cccnc2Sc2c(Cl)ccc(Br)c2CNC(=O)[C@H](Cc2cn(C(=O)O)c3ccccc23)N(C)C1=O)C(=O)OC(C)(C)C. The van der Waals surface area contributed by atoms with Crippen molar-refractivity contribution >= 4 is 88.4 Å². The van der Waals surface area contributed by atoms with Crippen molar-refractivity contribution < 1.29 is 38.2 Å². The number of carbonyl (C=O) groups excluding carboxylic acids is 4. The quantitative estimate of drug-likeness (QED) is 0.0783. The van der Waals surface area contributed by atoms with Crippen LogP contribution in [0, 0.1) is 0 Å². The van der Waals surface area contributed by atoms with Gasteiger partial charge in [0.2, 0.25) is 17.7 Å². The summed E-state index contributed by atoms with van der Waals surface area (Å²) in [6.07, 6.45) is 3.50. The molecule has 15 nitrogen and oxygen atoms in total. The van der Waals surface area contributed by atoms with Crippen LogP contribution in [0.3, 0.4) is 0 Å². The third-order valence-electron chi connectivity index (χ3n) is 12.5. The van der Waals surface area contributed by atoms with Gasteiger partial charge in [-0.25, -0.2) is 14.6 Å². The molecular weight excluding hydrogens is 990 g/mol. The summed E-state index contributed by atoms with van der Waals surface area (Å²) in [5.74, 6) is -1.43. The molecule has 5 rings (SSSR count). The fourth-order valence-electron chi connectivity index (χ4n) is 7.52. The van der Waals surface area contributed by atoms with Crippen molar-refractivity contribution in [3.05, 3.63) is 87.1 Å². The van der Waals surface area contributed by atoms with E-state index in [1.54, 1.807) is 70.4 Å². The Morgan fingerprint density at radius 2 is 1.68 bits per heavy atom. The second-order valence-corrected chi connectivity index (χ2v) is 26.8. The number of nitrogens with zero attached hydrogens (tertiary/aromatic N) is 4. The number of aromatic nitrogens is 2. The molecule has 0 unspecified atom stereocenters. The molecule has 0 radical (unpaired) electrons. The second kappa shape index (κ2) is 23.4. The number of para-hydroxylation sites is 1. The Hall–Kier alpha value is -4.46. The minimum absolute atomic E-state index is 0.00161. The van der Waals surface area contributed by atoms with E-state index in [0.29, 0.717) is 80.3 Å². The second-order valence-electron chi connectivity index (χ2n) is 19.8. The number of hydrogen-bond acceptors (Lipinski definition) is 10. The first-order valence-corrected chi connectivity index (χ1v) is 27.8. The summed E-state index contributed by atoms with van der Waals surface area (Å²) in [7, 11) is 1.09. The highest BCUT2D eigenvalue weighted by atomic mass is 79.9. The number of hydrogen-bond donors (Lipinski definition) is 4. The van der Waals surface area contributed by atoms with Crippen LogP contribution >= 0.6 is 39.3 Å². The fraction of sp³-hybridized carbons (Fsp3) is 0.510. The lowest BCUT2D eigenvalue weighted by Gasteiger charge is -2.36. The van der Waals surface area contributed by atoms with Gasteiger partial charge in [-0.15, -0.1) is 0 Å². The fourth-order valence-corrected chi connectivity index (χ4v) is 10.6. The first-order chi connectivity index (χ1) is 31.9. The zero-order valence-electron chi connectivity index (χ0n) is 40.8. The van der Waals surface area contributed by atoms with Gasteiger partial charge in [0.05, 0.1) is 16.6 Å². The highest BCUT2D eigenvalue weighted by Gasteiger charge is 2.38. The van der Waals surface area contributed by atoms with Crippen molar-refractivity contribution in [2.24, 2.45) is 0 Å².